The van der Waals surface area contributed by atoms with E-state index in [0.29, 0.717) is 40.4 Å². The van der Waals surface area contributed by atoms with Gasteiger partial charge in [-0.15, -0.1) is 0 Å². The van der Waals surface area contributed by atoms with Crippen LogP contribution in [0.1, 0.15) is 37.7 Å². The summed E-state index contributed by atoms with van der Waals surface area (Å²) in [6, 6.07) is 16.9. The fraction of sp³-hybridized carbons (Fsp3) is 0.367. The van der Waals surface area contributed by atoms with Crippen LogP contribution in [0.15, 0.2) is 60.7 Å². The number of nitrogens with one attached hydrogen (secondary N) is 2. The number of methoxy groups -OCH3 is 1. The minimum absolute atomic E-state index is 0.104. The van der Waals surface area contributed by atoms with Gasteiger partial charge in [0, 0.05) is 23.1 Å². The highest BCUT2D eigenvalue weighted by atomic mass is 35.5. The quantitative estimate of drug-likeness (QED) is 0.273. The molecule has 2 N–H and O–H groups in total. The highest BCUT2D eigenvalue weighted by molar-refractivity contribution is 6.30. The molecular weight excluding hydrogens is 526 g/mol. The number of ether oxygens (including phenoxy) is 3. The number of hydrogen-bond donors (Lipinski definition) is 2. The highest BCUT2D eigenvalue weighted by Crippen LogP contribution is 2.49. The van der Waals surface area contributed by atoms with Gasteiger partial charge in [0.15, 0.2) is 18.2 Å². The predicted molar refractivity (Wildman–Crippen MR) is 146 cm³/mol. The molecule has 1 aliphatic heterocycles. The zero-order valence-electron chi connectivity index (χ0n) is 21.6. The lowest BCUT2D eigenvalue weighted by atomic mass is 9.72. The van der Waals surface area contributed by atoms with Crippen molar-refractivity contribution in [3.05, 3.63) is 82.9 Å². The van der Waals surface area contributed by atoms with Gasteiger partial charge in [-0.1, -0.05) is 43.0 Å². The molecule has 1 unspecified atom stereocenters. The first-order chi connectivity index (χ1) is 18.9. The molecule has 0 spiro atoms. The first-order valence-electron chi connectivity index (χ1n) is 13.1. The minimum atomic E-state index is -0.907. The van der Waals surface area contributed by atoms with E-state index >= 15 is 0 Å². The zero-order chi connectivity index (χ0) is 27.4. The molecule has 1 fully saturated rings. The van der Waals surface area contributed by atoms with Crippen molar-refractivity contribution < 1.29 is 27.8 Å². The number of benzene rings is 3. The molecule has 206 valence electrons. The van der Waals surface area contributed by atoms with Gasteiger partial charge in [0.1, 0.15) is 17.2 Å². The fourth-order valence-electron chi connectivity index (χ4n) is 5.64. The summed E-state index contributed by atoms with van der Waals surface area (Å²) in [6.45, 7) is 0.164. The first-order valence-corrected chi connectivity index (χ1v) is 13.5. The van der Waals surface area contributed by atoms with E-state index < -0.39 is 23.3 Å². The Morgan fingerprint density at radius 3 is 2.05 bits per heavy atom. The molecule has 3 aromatic carbocycles. The molecule has 0 saturated heterocycles. The number of carbonyl (C=O) groups is 1. The summed E-state index contributed by atoms with van der Waals surface area (Å²) in [6.07, 6.45) is 5.45. The van der Waals surface area contributed by atoms with Crippen LogP contribution in [-0.2, 0) is 15.2 Å². The van der Waals surface area contributed by atoms with Gasteiger partial charge in [-0.3, -0.25) is 0 Å². The van der Waals surface area contributed by atoms with E-state index in [-0.39, 0.29) is 12.5 Å². The number of halogens is 3. The third kappa shape index (κ3) is 5.91. The summed E-state index contributed by atoms with van der Waals surface area (Å²) in [4.78, 5) is 11.4. The van der Waals surface area contributed by atoms with Crippen molar-refractivity contribution in [1.82, 2.24) is 0 Å². The van der Waals surface area contributed by atoms with Crippen molar-refractivity contribution in [2.45, 2.75) is 37.8 Å². The van der Waals surface area contributed by atoms with Gasteiger partial charge < -0.3 is 24.8 Å². The van der Waals surface area contributed by atoms with E-state index in [1.807, 2.05) is 24.3 Å². The Labute approximate surface area is 231 Å². The van der Waals surface area contributed by atoms with Crippen molar-refractivity contribution in [2.24, 2.45) is 11.8 Å². The van der Waals surface area contributed by atoms with Crippen LogP contribution in [-0.4, -0.2) is 26.3 Å². The Morgan fingerprint density at radius 2 is 1.49 bits per heavy atom. The lowest BCUT2D eigenvalue weighted by Crippen LogP contribution is -2.51. The molecule has 0 radical (unpaired) electrons. The normalized spacial score (nSPS) is 16.9. The molecule has 2 aliphatic rings. The molecule has 1 heterocycles. The maximum atomic E-state index is 14.2. The van der Waals surface area contributed by atoms with Gasteiger partial charge >= 0.3 is 5.97 Å². The predicted octanol–water partition coefficient (Wildman–Crippen LogP) is 7.14. The van der Waals surface area contributed by atoms with Gasteiger partial charge in [-0.25, -0.2) is 13.6 Å². The Kier molecular flexibility index (Phi) is 8.12. The number of anilines is 2. The van der Waals surface area contributed by atoms with Crippen LogP contribution < -0.4 is 20.1 Å². The monoisotopic (exact) mass is 556 g/mol. The van der Waals surface area contributed by atoms with Gasteiger partial charge in [0.2, 0.25) is 0 Å². The second kappa shape index (κ2) is 11.7. The molecule has 0 amide bonds. The molecule has 9 heteroatoms. The summed E-state index contributed by atoms with van der Waals surface area (Å²) in [5.41, 5.74) is 1.02. The Bertz CT molecular complexity index is 1270. The molecule has 1 atom stereocenters. The summed E-state index contributed by atoms with van der Waals surface area (Å²) in [5.74, 6) is -0.929. The van der Waals surface area contributed by atoms with Gasteiger partial charge in [0.05, 0.1) is 25.1 Å². The average Bonchev–Trinajstić information content (AvgIpc) is 3.32. The molecule has 3 aromatic rings. The number of hydrogen-bond acceptors (Lipinski definition) is 6. The topological polar surface area (TPSA) is 68.8 Å². The van der Waals surface area contributed by atoms with E-state index in [1.165, 1.54) is 25.7 Å². The Hall–Kier alpha value is -3.52. The van der Waals surface area contributed by atoms with Crippen molar-refractivity contribution in [3.8, 4) is 11.5 Å². The summed E-state index contributed by atoms with van der Waals surface area (Å²) in [7, 11) is 1.31. The second-order valence-electron chi connectivity index (χ2n) is 10.0. The third-order valence-electron chi connectivity index (χ3n) is 7.64. The molecular formula is C30H31ClF2N2O4. The van der Waals surface area contributed by atoms with E-state index in [1.54, 1.807) is 24.3 Å². The first kappa shape index (κ1) is 27.1. The lowest BCUT2D eigenvalue weighted by Gasteiger charge is -2.44. The average molecular weight is 557 g/mol. The SMILES string of the molecule is COC(=O)COc1ccc(OCC(C2CCCCC2)C2(c3ccc(Cl)cc3)Nc3cc(F)c(F)cc3N2)cc1. The summed E-state index contributed by atoms with van der Waals surface area (Å²) < 4.78 is 44.9. The smallest absolute Gasteiger partial charge is 0.343 e. The Morgan fingerprint density at radius 1 is 0.923 bits per heavy atom. The summed E-state index contributed by atoms with van der Waals surface area (Å²) >= 11 is 6.22. The van der Waals surface area contributed by atoms with Crippen molar-refractivity contribution in [2.75, 3.05) is 31.0 Å². The largest absolute Gasteiger partial charge is 0.493 e. The summed E-state index contributed by atoms with van der Waals surface area (Å²) in [5, 5.41) is 7.64. The number of rotatable bonds is 9. The molecule has 0 bridgehead atoms. The van der Waals surface area contributed by atoms with E-state index in [9.17, 15) is 13.6 Å². The lowest BCUT2D eigenvalue weighted by molar-refractivity contribution is -0.142. The van der Waals surface area contributed by atoms with E-state index in [4.69, 9.17) is 21.1 Å². The number of carbonyl (C=O) groups excluding carboxylic acids is 1. The van der Waals surface area contributed by atoms with Crippen LogP contribution in [0, 0.1) is 23.5 Å². The van der Waals surface area contributed by atoms with E-state index in [0.717, 1.165) is 31.2 Å². The molecule has 5 rings (SSSR count). The van der Waals surface area contributed by atoms with Crippen molar-refractivity contribution in [1.29, 1.82) is 0 Å². The van der Waals surface area contributed by atoms with Crippen molar-refractivity contribution in [3.63, 3.8) is 0 Å². The van der Waals surface area contributed by atoms with Crippen molar-refractivity contribution >= 4 is 28.9 Å². The minimum Gasteiger partial charge on any atom is -0.493 e. The van der Waals surface area contributed by atoms with Crippen LogP contribution >= 0.6 is 11.6 Å². The molecule has 39 heavy (non-hydrogen) atoms. The highest BCUT2D eigenvalue weighted by Gasteiger charge is 2.49. The molecule has 0 aromatic heterocycles. The number of fused-ring (bicyclic) bond motifs is 1. The van der Waals surface area contributed by atoms with Crippen LogP contribution in [0.4, 0.5) is 20.2 Å². The third-order valence-corrected chi connectivity index (χ3v) is 7.89. The van der Waals surface area contributed by atoms with E-state index in [2.05, 4.69) is 15.4 Å². The fourth-order valence-corrected chi connectivity index (χ4v) is 5.76. The van der Waals surface area contributed by atoms with Crippen LogP contribution in [0.2, 0.25) is 5.02 Å². The maximum absolute atomic E-state index is 14.2. The second-order valence-corrected chi connectivity index (χ2v) is 10.5. The molecule has 6 nitrogen and oxygen atoms in total. The van der Waals surface area contributed by atoms with Crippen LogP contribution in [0.25, 0.3) is 0 Å². The molecule has 1 aliphatic carbocycles. The number of esters is 1. The Balaban J connectivity index is 1.45. The van der Waals surface area contributed by atoms with Gasteiger partial charge in [-0.2, -0.15) is 0 Å². The standard InChI is InChI=1S/C30H31ClF2N2O4/c1-37-29(36)18-39-23-13-11-22(12-14-23)38-17-24(19-5-3-2-4-6-19)30(20-7-9-21(31)10-8-20)34-27-15-25(32)26(33)16-28(27)35-30/h7-16,19,24,34-35H,2-6,17-18H2,1H3. The van der Waals surface area contributed by atoms with Gasteiger partial charge in [0.25, 0.3) is 0 Å². The van der Waals surface area contributed by atoms with Crippen LogP contribution in [0.3, 0.4) is 0 Å². The molecule has 1 saturated carbocycles. The van der Waals surface area contributed by atoms with Gasteiger partial charge in [-0.05, 0) is 60.7 Å². The maximum Gasteiger partial charge on any atom is 0.343 e. The van der Waals surface area contributed by atoms with Crippen LogP contribution in [0.5, 0.6) is 11.5 Å². The zero-order valence-corrected chi connectivity index (χ0v) is 22.4.